The molecular formula is C9H16N2S. The lowest BCUT2D eigenvalue weighted by Gasteiger charge is -2.12. The van der Waals surface area contributed by atoms with E-state index >= 15 is 0 Å². The average Bonchev–Trinajstić information content (AvgIpc) is 2.30. The van der Waals surface area contributed by atoms with E-state index in [1.165, 1.54) is 11.5 Å². The molecule has 1 aromatic rings. The van der Waals surface area contributed by atoms with Gasteiger partial charge in [0.15, 0.2) is 0 Å². The monoisotopic (exact) mass is 184 g/mol. The first-order valence-corrected chi connectivity index (χ1v) is 5.02. The first kappa shape index (κ1) is 9.65. The summed E-state index contributed by atoms with van der Waals surface area (Å²) in [4.78, 5) is 4.49. The fourth-order valence-electron chi connectivity index (χ4n) is 0.774. The molecule has 3 heteroatoms. The van der Waals surface area contributed by atoms with Crippen LogP contribution in [0.2, 0.25) is 0 Å². The van der Waals surface area contributed by atoms with E-state index in [9.17, 15) is 0 Å². The minimum Gasteiger partial charge on any atom is -0.224 e. The van der Waals surface area contributed by atoms with Gasteiger partial charge in [-0.15, -0.1) is 0 Å². The second kappa shape index (κ2) is 3.13. The molecule has 0 aliphatic carbocycles. The van der Waals surface area contributed by atoms with Crippen molar-refractivity contribution < 1.29 is 0 Å². The summed E-state index contributed by atoms with van der Waals surface area (Å²) in [6.07, 6.45) is 0. The molecule has 0 aliphatic rings. The van der Waals surface area contributed by atoms with E-state index in [0.717, 1.165) is 10.8 Å². The Balaban J connectivity index is 2.92. The molecule has 0 amide bonds. The van der Waals surface area contributed by atoms with Gasteiger partial charge in [-0.3, -0.25) is 0 Å². The maximum atomic E-state index is 4.49. The topological polar surface area (TPSA) is 25.8 Å². The van der Waals surface area contributed by atoms with Crippen LogP contribution in [0.15, 0.2) is 0 Å². The van der Waals surface area contributed by atoms with Gasteiger partial charge in [0.1, 0.15) is 10.8 Å². The molecule has 1 aromatic heterocycles. The summed E-state index contributed by atoms with van der Waals surface area (Å²) in [5.74, 6) is 1.42. The van der Waals surface area contributed by atoms with E-state index in [0.29, 0.717) is 5.92 Å². The smallest absolute Gasteiger partial charge is 0.145 e. The van der Waals surface area contributed by atoms with Crippen molar-refractivity contribution in [3.05, 3.63) is 10.8 Å². The van der Waals surface area contributed by atoms with E-state index in [1.807, 2.05) is 0 Å². The normalized spacial score (nSPS) is 12.5. The Bertz CT molecular complexity index is 258. The molecule has 0 radical (unpaired) electrons. The fourth-order valence-corrected chi connectivity index (χ4v) is 1.61. The Hall–Kier alpha value is -0.440. The second-order valence-electron chi connectivity index (χ2n) is 4.36. The van der Waals surface area contributed by atoms with Crippen molar-refractivity contribution in [3.63, 3.8) is 0 Å². The van der Waals surface area contributed by atoms with Gasteiger partial charge in [-0.2, -0.15) is 4.37 Å². The van der Waals surface area contributed by atoms with Gasteiger partial charge in [-0.1, -0.05) is 34.6 Å². The van der Waals surface area contributed by atoms with Gasteiger partial charge >= 0.3 is 0 Å². The van der Waals surface area contributed by atoms with Crippen LogP contribution < -0.4 is 0 Å². The third-order valence-electron chi connectivity index (χ3n) is 1.60. The minimum atomic E-state index is 0.144. The lowest BCUT2D eigenvalue weighted by Crippen LogP contribution is -2.10. The highest BCUT2D eigenvalue weighted by Gasteiger charge is 2.19. The second-order valence-corrected chi connectivity index (χ2v) is 5.11. The van der Waals surface area contributed by atoms with E-state index in [1.54, 1.807) is 0 Å². The molecule has 68 valence electrons. The zero-order valence-electron chi connectivity index (χ0n) is 8.38. The van der Waals surface area contributed by atoms with Crippen LogP contribution in [0.4, 0.5) is 0 Å². The van der Waals surface area contributed by atoms with Crippen molar-refractivity contribution in [3.8, 4) is 0 Å². The quantitative estimate of drug-likeness (QED) is 0.670. The molecule has 1 rings (SSSR count). The van der Waals surface area contributed by atoms with Crippen LogP contribution in [0, 0.1) is 0 Å². The Labute approximate surface area is 78.2 Å². The largest absolute Gasteiger partial charge is 0.224 e. The molecule has 0 fully saturated rings. The van der Waals surface area contributed by atoms with Gasteiger partial charge in [0, 0.05) is 11.3 Å². The Morgan fingerprint density at radius 1 is 1.25 bits per heavy atom. The van der Waals surface area contributed by atoms with Crippen LogP contribution in [0.3, 0.4) is 0 Å². The molecule has 0 spiro atoms. The van der Waals surface area contributed by atoms with Gasteiger partial charge < -0.3 is 0 Å². The van der Waals surface area contributed by atoms with Crippen molar-refractivity contribution in [1.82, 2.24) is 9.36 Å². The predicted octanol–water partition coefficient (Wildman–Crippen LogP) is 2.96. The summed E-state index contributed by atoms with van der Waals surface area (Å²) in [7, 11) is 0. The molecule has 0 unspecified atom stereocenters. The van der Waals surface area contributed by atoms with Crippen LogP contribution >= 0.6 is 11.5 Å². The molecule has 0 N–H and O–H groups in total. The molecule has 0 bridgehead atoms. The standard InChI is InChI=1S/C9H16N2S/c1-6(2)7-10-8(12-11-7)9(3,4)5/h6H,1-5H3. The van der Waals surface area contributed by atoms with Crippen LogP contribution in [-0.2, 0) is 5.41 Å². The van der Waals surface area contributed by atoms with Gasteiger partial charge in [-0.25, -0.2) is 4.98 Å². The molecule has 0 aromatic carbocycles. The van der Waals surface area contributed by atoms with Gasteiger partial charge in [0.25, 0.3) is 0 Å². The molecule has 0 saturated heterocycles. The van der Waals surface area contributed by atoms with Crippen molar-refractivity contribution in [2.45, 2.75) is 46.0 Å². The van der Waals surface area contributed by atoms with Crippen LogP contribution in [0.1, 0.15) is 51.4 Å². The minimum absolute atomic E-state index is 0.144. The van der Waals surface area contributed by atoms with Crippen molar-refractivity contribution >= 4 is 11.5 Å². The van der Waals surface area contributed by atoms with Crippen LogP contribution in [-0.4, -0.2) is 9.36 Å². The zero-order chi connectivity index (χ0) is 9.35. The van der Waals surface area contributed by atoms with Gasteiger partial charge in [-0.05, 0) is 11.5 Å². The lowest BCUT2D eigenvalue weighted by molar-refractivity contribution is 0.580. The van der Waals surface area contributed by atoms with Crippen molar-refractivity contribution in [2.24, 2.45) is 0 Å². The first-order valence-electron chi connectivity index (χ1n) is 4.25. The summed E-state index contributed by atoms with van der Waals surface area (Å²) in [6.45, 7) is 10.7. The number of hydrogen-bond acceptors (Lipinski definition) is 3. The maximum Gasteiger partial charge on any atom is 0.145 e. The summed E-state index contributed by atoms with van der Waals surface area (Å²) >= 11 is 1.52. The molecule has 0 atom stereocenters. The molecule has 0 saturated carbocycles. The maximum absolute atomic E-state index is 4.49. The van der Waals surface area contributed by atoms with Crippen LogP contribution in [0.5, 0.6) is 0 Å². The molecule has 2 nitrogen and oxygen atoms in total. The third kappa shape index (κ3) is 2.03. The lowest BCUT2D eigenvalue weighted by atomic mass is 9.98. The van der Waals surface area contributed by atoms with Crippen LogP contribution in [0.25, 0.3) is 0 Å². The van der Waals surface area contributed by atoms with Crippen molar-refractivity contribution in [1.29, 1.82) is 0 Å². The highest BCUT2D eigenvalue weighted by atomic mass is 32.1. The van der Waals surface area contributed by atoms with E-state index in [-0.39, 0.29) is 5.41 Å². The third-order valence-corrected chi connectivity index (χ3v) is 2.75. The summed E-state index contributed by atoms with van der Waals surface area (Å²) in [5, 5.41) is 1.13. The predicted molar refractivity (Wildman–Crippen MR) is 52.7 cm³/mol. The fraction of sp³-hybridized carbons (Fsp3) is 0.778. The van der Waals surface area contributed by atoms with Gasteiger partial charge in [0.2, 0.25) is 0 Å². The average molecular weight is 184 g/mol. The number of hydrogen-bond donors (Lipinski definition) is 0. The summed E-state index contributed by atoms with van der Waals surface area (Å²) in [6, 6.07) is 0. The Kier molecular flexibility index (Phi) is 2.52. The van der Waals surface area contributed by atoms with E-state index in [2.05, 4.69) is 44.0 Å². The first-order chi connectivity index (χ1) is 5.41. The summed E-state index contributed by atoms with van der Waals surface area (Å²) in [5.41, 5.74) is 0.144. The van der Waals surface area contributed by atoms with Crippen molar-refractivity contribution in [2.75, 3.05) is 0 Å². The summed E-state index contributed by atoms with van der Waals surface area (Å²) < 4.78 is 4.31. The SMILES string of the molecule is CC(C)c1nsc(C(C)(C)C)n1. The number of nitrogens with zero attached hydrogens (tertiary/aromatic N) is 2. The zero-order valence-corrected chi connectivity index (χ0v) is 9.20. The molecule has 0 aliphatic heterocycles. The number of rotatable bonds is 1. The van der Waals surface area contributed by atoms with E-state index in [4.69, 9.17) is 0 Å². The molecule has 12 heavy (non-hydrogen) atoms. The Morgan fingerprint density at radius 3 is 2.08 bits per heavy atom. The molecular weight excluding hydrogens is 168 g/mol. The number of aromatic nitrogens is 2. The van der Waals surface area contributed by atoms with Gasteiger partial charge in [0.05, 0.1) is 0 Å². The molecule has 1 heterocycles. The van der Waals surface area contributed by atoms with E-state index < -0.39 is 0 Å². The highest BCUT2D eigenvalue weighted by molar-refractivity contribution is 7.05. The Morgan fingerprint density at radius 2 is 1.83 bits per heavy atom. The highest BCUT2D eigenvalue weighted by Crippen LogP contribution is 2.25.